The average Bonchev–Trinajstić information content (AvgIpc) is 2.43. The first-order valence-electron chi connectivity index (χ1n) is 7.30. The highest BCUT2D eigenvalue weighted by Gasteiger charge is 2.26. The van der Waals surface area contributed by atoms with Crippen molar-refractivity contribution >= 4 is 23.5 Å². The van der Waals surface area contributed by atoms with E-state index in [-0.39, 0.29) is 23.8 Å². The molecule has 0 saturated carbocycles. The lowest BCUT2D eigenvalue weighted by Crippen LogP contribution is -2.44. The molecule has 1 aromatic rings. The Bertz CT molecular complexity index is 565. The number of phenolic OH excluding ortho intramolecular Hbond substituents is 1. The second kappa shape index (κ2) is 7.01. The van der Waals surface area contributed by atoms with Gasteiger partial charge < -0.3 is 14.7 Å². The van der Waals surface area contributed by atoms with Crippen molar-refractivity contribution in [3.8, 4) is 5.75 Å². The summed E-state index contributed by atoms with van der Waals surface area (Å²) in [4.78, 5) is 25.8. The fourth-order valence-corrected chi connectivity index (χ4v) is 3.01. The second-order valence-corrected chi connectivity index (χ2v) is 6.42. The van der Waals surface area contributed by atoms with Crippen molar-refractivity contribution in [1.82, 2.24) is 4.90 Å². The number of aromatic hydroxyl groups is 1. The van der Waals surface area contributed by atoms with Crippen LogP contribution in [-0.4, -0.2) is 41.6 Å². The van der Waals surface area contributed by atoms with Gasteiger partial charge in [0.1, 0.15) is 11.3 Å². The van der Waals surface area contributed by atoms with Crippen LogP contribution < -0.4 is 0 Å². The minimum atomic E-state index is -0.736. The third-order valence-corrected chi connectivity index (χ3v) is 3.96. The van der Waals surface area contributed by atoms with E-state index in [1.165, 1.54) is 18.2 Å². The topological polar surface area (TPSA) is 66.8 Å². The molecule has 1 aliphatic heterocycles. The number of benzene rings is 1. The van der Waals surface area contributed by atoms with Crippen molar-refractivity contribution in [3.63, 3.8) is 0 Å². The third kappa shape index (κ3) is 4.13. The number of carbonyl (C=O) groups is 2. The molecule has 1 N–H and O–H groups in total. The molecule has 0 aliphatic carbocycles. The normalized spacial score (nSPS) is 21.5. The molecule has 0 bridgehead atoms. The summed E-state index contributed by atoms with van der Waals surface area (Å²) in [6.07, 6.45) is 1.10. The predicted molar refractivity (Wildman–Crippen MR) is 82.9 cm³/mol. The Morgan fingerprint density at radius 1 is 1.32 bits per heavy atom. The van der Waals surface area contributed by atoms with Crippen molar-refractivity contribution < 1.29 is 19.4 Å². The molecule has 22 heavy (non-hydrogen) atoms. The smallest absolute Gasteiger partial charge is 0.342 e. The summed E-state index contributed by atoms with van der Waals surface area (Å²) < 4.78 is 5.00. The summed E-state index contributed by atoms with van der Waals surface area (Å²) in [5.74, 6) is -0.307. The maximum absolute atomic E-state index is 12.1. The van der Waals surface area contributed by atoms with Gasteiger partial charge in [-0.15, -0.1) is 0 Å². The Labute approximate surface area is 134 Å². The summed E-state index contributed by atoms with van der Waals surface area (Å²) in [6, 6.07) is 4.11. The number of ether oxygens (including phenoxy) is 1. The van der Waals surface area contributed by atoms with Crippen molar-refractivity contribution in [3.05, 3.63) is 28.8 Å². The molecular formula is C16H20ClNO4. The van der Waals surface area contributed by atoms with Crippen LogP contribution >= 0.6 is 11.6 Å². The molecule has 1 amide bonds. The third-order valence-electron chi connectivity index (χ3n) is 3.73. The number of halogens is 1. The number of phenols is 1. The first kappa shape index (κ1) is 16.6. The van der Waals surface area contributed by atoms with Gasteiger partial charge in [0, 0.05) is 18.1 Å². The Morgan fingerprint density at radius 3 is 2.55 bits per heavy atom. The van der Waals surface area contributed by atoms with E-state index < -0.39 is 5.97 Å². The largest absolute Gasteiger partial charge is 0.507 e. The number of rotatable bonds is 3. The van der Waals surface area contributed by atoms with E-state index in [1.54, 1.807) is 4.90 Å². The van der Waals surface area contributed by atoms with Crippen LogP contribution in [-0.2, 0) is 9.53 Å². The van der Waals surface area contributed by atoms with Gasteiger partial charge in [0.15, 0.2) is 6.61 Å². The summed E-state index contributed by atoms with van der Waals surface area (Å²) in [6.45, 7) is 5.27. The van der Waals surface area contributed by atoms with Gasteiger partial charge in [-0.05, 0) is 36.5 Å². The SMILES string of the molecule is C[C@H]1C[C@H](C)CN(C(=O)COC(=O)c2ccc(Cl)cc2O)C1. The number of nitrogens with zero attached hydrogens (tertiary/aromatic N) is 1. The molecule has 0 unspecified atom stereocenters. The van der Waals surface area contributed by atoms with Crippen molar-refractivity contribution in [1.29, 1.82) is 0 Å². The molecule has 0 radical (unpaired) electrons. The molecule has 1 heterocycles. The Kier molecular flexibility index (Phi) is 5.29. The highest BCUT2D eigenvalue weighted by Crippen LogP contribution is 2.23. The van der Waals surface area contributed by atoms with Gasteiger partial charge in [0.05, 0.1) is 0 Å². The fourth-order valence-electron chi connectivity index (χ4n) is 2.84. The fraction of sp³-hybridized carbons (Fsp3) is 0.500. The van der Waals surface area contributed by atoms with Gasteiger partial charge >= 0.3 is 5.97 Å². The van der Waals surface area contributed by atoms with Crippen LogP contribution in [0.1, 0.15) is 30.6 Å². The molecular weight excluding hydrogens is 306 g/mol. The summed E-state index contributed by atoms with van der Waals surface area (Å²) in [5, 5.41) is 9.99. The number of hydrogen-bond donors (Lipinski definition) is 1. The zero-order chi connectivity index (χ0) is 16.3. The van der Waals surface area contributed by atoms with E-state index in [2.05, 4.69) is 13.8 Å². The lowest BCUT2D eigenvalue weighted by Gasteiger charge is -2.34. The zero-order valence-electron chi connectivity index (χ0n) is 12.7. The lowest BCUT2D eigenvalue weighted by molar-refractivity contribution is -0.137. The minimum absolute atomic E-state index is 0.00224. The van der Waals surface area contributed by atoms with Crippen LogP contribution in [0.25, 0.3) is 0 Å². The van der Waals surface area contributed by atoms with Gasteiger partial charge in [-0.25, -0.2) is 4.79 Å². The highest BCUT2D eigenvalue weighted by atomic mass is 35.5. The summed E-state index contributed by atoms with van der Waals surface area (Å²) in [5.41, 5.74) is -0.00224. The lowest BCUT2D eigenvalue weighted by atomic mass is 9.92. The number of carbonyl (C=O) groups excluding carboxylic acids is 2. The van der Waals surface area contributed by atoms with E-state index in [4.69, 9.17) is 16.3 Å². The van der Waals surface area contributed by atoms with Gasteiger partial charge in [-0.1, -0.05) is 25.4 Å². The molecule has 0 aromatic heterocycles. The number of esters is 1. The Balaban J connectivity index is 1.91. The Morgan fingerprint density at radius 2 is 1.95 bits per heavy atom. The zero-order valence-corrected chi connectivity index (χ0v) is 13.5. The van der Waals surface area contributed by atoms with Gasteiger partial charge in [0.2, 0.25) is 0 Å². The van der Waals surface area contributed by atoms with E-state index >= 15 is 0 Å². The summed E-state index contributed by atoms with van der Waals surface area (Å²) in [7, 11) is 0. The first-order chi connectivity index (χ1) is 10.4. The molecule has 120 valence electrons. The van der Waals surface area contributed by atoms with E-state index in [0.717, 1.165) is 6.42 Å². The molecule has 2 atom stereocenters. The molecule has 1 fully saturated rings. The Hall–Kier alpha value is -1.75. The number of likely N-dealkylation sites (tertiary alicyclic amines) is 1. The van der Waals surface area contributed by atoms with Crippen LogP contribution in [0, 0.1) is 11.8 Å². The minimum Gasteiger partial charge on any atom is -0.507 e. The van der Waals surface area contributed by atoms with E-state index in [0.29, 0.717) is 29.9 Å². The van der Waals surface area contributed by atoms with Gasteiger partial charge in [-0.2, -0.15) is 0 Å². The van der Waals surface area contributed by atoms with E-state index in [1.807, 2.05) is 0 Å². The van der Waals surface area contributed by atoms with Crippen LogP contribution in [0.4, 0.5) is 0 Å². The first-order valence-corrected chi connectivity index (χ1v) is 7.68. The molecule has 2 rings (SSSR count). The van der Waals surface area contributed by atoms with Gasteiger partial charge in [0.25, 0.3) is 5.91 Å². The van der Waals surface area contributed by atoms with Crippen LogP contribution in [0.3, 0.4) is 0 Å². The van der Waals surface area contributed by atoms with Crippen molar-refractivity contribution in [2.75, 3.05) is 19.7 Å². The molecule has 1 saturated heterocycles. The maximum atomic E-state index is 12.1. The molecule has 1 aromatic carbocycles. The molecule has 0 spiro atoms. The number of amides is 1. The summed E-state index contributed by atoms with van der Waals surface area (Å²) >= 11 is 5.71. The highest BCUT2D eigenvalue weighted by molar-refractivity contribution is 6.30. The molecule has 5 nitrogen and oxygen atoms in total. The van der Waals surface area contributed by atoms with Crippen LogP contribution in [0.5, 0.6) is 5.75 Å². The average molecular weight is 326 g/mol. The monoisotopic (exact) mass is 325 g/mol. The van der Waals surface area contributed by atoms with Gasteiger partial charge in [-0.3, -0.25) is 4.79 Å². The van der Waals surface area contributed by atoms with Crippen LogP contribution in [0.2, 0.25) is 5.02 Å². The van der Waals surface area contributed by atoms with Crippen molar-refractivity contribution in [2.45, 2.75) is 20.3 Å². The van der Waals surface area contributed by atoms with E-state index in [9.17, 15) is 14.7 Å². The predicted octanol–water partition coefficient (Wildman–Crippen LogP) is 2.71. The second-order valence-electron chi connectivity index (χ2n) is 5.98. The quantitative estimate of drug-likeness (QED) is 0.868. The van der Waals surface area contributed by atoms with Crippen molar-refractivity contribution in [2.24, 2.45) is 11.8 Å². The standard InChI is InChI=1S/C16H20ClNO4/c1-10-5-11(2)8-18(7-10)15(20)9-22-16(21)13-4-3-12(17)6-14(13)19/h3-4,6,10-11,19H,5,7-9H2,1-2H3/t10-,11-/m0/s1. The maximum Gasteiger partial charge on any atom is 0.342 e. The number of piperidine rings is 1. The van der Waals surface area contributed by atoms with Crippen LogP contribution in [0.15, 0.2) is 18.2 Å². The number of hydrogen-bond acceptors (Lipinski definition) is 4. The molecule has 1 aliphatic rings. The molecule has 6 heteroatoms.